The SMILES string of the molecule is O=C(NCc1cn[nH]c1)c1ccc(F)cc1C#CCO. The van der Waals surface area contributed by atoms with Gasteiger partial charge in [0.2, 0.25) is 0 Å². The number of nitrogens with one attached hydrogen (secondary N) is 2. The van der Waals surface area contributed by atoms with Crippen molar-refractivity contribution in [3.8, 4) is 11.8 Å². The first-order valence-electron chi connectivity index (χ1n) is 5.86. The molecule has 0 unspecified atom stereocenters. The van der Waals surface area contributed by atoms with Gasteiger partial charge < -0.3 is 10.4 Å². The van der Waals surface area contributed by atoms with Crippen LogP contribution >= 0.6 is 0 Å². The van der Waals surface area contributed by atoms with Gasteiger partial charge in [0.15, 0.2) is 0 Å². The maximum absolute atomic E-state index is 13.2. The first-order chi connectivity index (χ1) is 9.70. The molecule has 0 atom stereocenters. The van der Waals surface area contributed by atoms with E-state index >= 15 is 0 Å². The zero-order valence-electron chi connectivity index (χ0n) is 10.5. The van der Waals surface area contributed by atoms with E-state index in [1.807, 2.05) is 0 Å². The van der Waals surface area contributed by atoms with Gasteiger partial charge >= 0.3 is 0 Å². The summed E-state index contributed by atoms with van der Waals surface area (Å²) in [5.74, 6) is 4.10. The number of aromatic amines is 1. The Morgan fingerprint density at radius 3 is 3.05 bits per heavy atom. The van der Waals surface area contributed by atoms with Crippen molar-refractivity contribution in [2.24, 2.45) is 0 Å². The minimum absolute atomic E-state index is 0.240. The number of benzene rings is 1. The molecule has 0 aliphatic heterocycles. The first kappa shape index (κ1) is 13.8. The molecule has 0 spiro atoms. The highest BCUT2D eigenvalue weighted by molar-refractivity contribution is 5.96. The molecule has 0 aliphatic carbocycles. The molecule has 1 heterocycles. The number of carbonyl (C=O) groups is 1. The van der Waals surface area contributed by atoms with E-state index in [9.17, 15) is 9.18 Å². The van der Waals surface area contributed by atoms with Crippen LogP contribution in [0.3, 0.4) is 0 Å². The van der Waals surface area contributed by atoms with Crippen LogP contribution in [0.4, 0.5) is 4.39 Å². The van der Waals surface area contributed by atoms with Crippen LogP contribution in [0.25, 0.3) is 0 Å². The summed E-state index contributed by atoms with van der Waals surface area (Å²) in [6, 6.07) is 3.72. The number of aliphatic hydroxyl groups is 1. The van der Waals surface area contributed by atoms with E-state index in [1.54, 1.807) is 12.4 Å². The highest BCUT2D eigenvalue weighted by Gasteiger charge is 2.11. The fourth-order valence-electron chi connectivity index (χ4n) is 1.60. The average Bonchev–Trinajstić information content (AvgIpc) is 2.96. The highest BCUT2D eigenvalue weighted by Crippen LogP contribution is 2.10. The van der Waals surface area contributed by atoms with Crippen molar-refractivity contribution in [1.82, 2.24) is 15.5 Å². The minimum atomic E-state index is -0.487. The van der Waals surface area contributed by atoms with Gasteiger partial charge in [-0.05, 0) is 18.2 Å². The van der Waals surface area contributed by atoms with E-state index in [0.717, 1.165) is 11.6 Å². The standard InChI is InChI=1S/C14H12FN3O2/c15-12-3-4-13(11(6-12)2-1-5-19)14(20)16-7-10-8-17-18-9-10/h3-4,6,8-9,19H,5,7H2,(H,16,20)(H,17,18). The summed E-state index contributed by atoms with van der Waals surface area (Å²) in [6.45, 7) is -0.0494. The number of amides is 1. The lowest BCUT2D eigenvalue weighted by atomic mass is 10.1. The number of nitrogens with zero attached hydrogens (tertiary/aromatic N) is 1. The van der Waals surface area contributed by atoms with Crippen molar-refractivity contribution in [3.63, 3.8) is 0 Å². The third-order valence-corrected chi connectivity index (χ3v) is 2.54. The summed E-state index contributed by atoms with van der Waals surface area (Å²) in [5.41, 5.74) is 1.32. The highest BCUT2D eigenvalue weighted by atomic mass is 19.1. The van der Waals surface area contributed by atoms with Crippen molar-refractivity contribution < 1.29 is 14.3 Å². The lowest BCUT2D eigenvalue weighted by Crippen LogP contribution is -2.23. The monoisotopic (exact) mass is 273 g/mol. The second kappa shape index (κ2) is 6.50. The van der Waals surface area contributed by atoms with Crippen molar-refractivity contribution in [1.29, 1.82) is 0 Å². The van der Waals surface area contributed by atoms with Crippen LogP contribution in [0.2, 0.25) is 0 Å². The number of carbonyl (C=O) groups excluding carboxylic acids is 1. The predicted octanol–water partition coefficient (Wildman–Crippen LogP) is 0.823. The maximum atomic E-state index is 13.2. The maximum Gasteiger partial charge on any atom is 0.252 e. The number of H-pyrrole nitrogens is 1. The van der Waals surface area contributed by atoms with Gasteiger partial charge in [0.25, 0.3) is 5.91 Å². The van der Waals surface area contributed by atoms with Crippen LogP contribution in [0.15, 0.2) is 30.6 Å². The van der Waals surface area contributed by atoms with Gasteiger partial charge in [-0.15, -0.1) is 0 Å². The molecule has 3 N–H and O–H groups in total. The summed E-state index contributed by atoms with van der Waals surface area (Å²) >= 11 is 0. The summed E-state index contributed by atoms with van der Waals surface area (Å²) in [4.78, 5) is 12.0. The lowest BCUT2D eigenvalue weighted by molar-refractivity contribution is 0.0950. The molecule has 0 bridgehead atoms. The number of aromatic nitrogens is 2. The normalized spacial score (nSPS) is 9.70. The molecule has 6 heteroatoms. The third-order valence-electron chi connectivity index (χ3n) is 2.54. The zero-order chi connectivity index (χ0) is 14.4. The van der Waals surface area contributed by atoms with E-state index in [2.05, 4.69) is 27.4 Å². The van der Waals surface area contributed by atoms with Gasteiger partial charge in [-0.2, -0.15) is 5.10 Å². The molecule has 0 fully saturated rings. The fraction of sp³-hybridized carbons (Fsp3) is 0.143. The van der Waals surface area contributed by atoms with Crippen molar-refractivity contribution in [3.05, 3.63) is 53.1 Å². The topological polar surface area (TPSA) is 78.0 Å². The van der Waals surface area contributed by atoms with Gasteiger partial charge in [-0.1, -0.05) is 11.8 Å². The molecule has 1 aromatic carbocycles. The third kappa shape index (κ3) is 3.43. The molecular weight excluding hydrogens is 261 g/mol. The first-order valence-corrected chi connectivity index (χ1v) is 5.86. The Balaban J connectivity index is 2.16. The lowest BCUT2D eigenvalue weighted by Gasteiger charge is -2.06. The number of aliphatic hydroxyl groups excluding tert-OH is 1. The Hall–Kier alpha value is -2.65. The van der Waals surface area contributed by atoms with Gasteiger partial charge in [0.1, 0.15) is 12.4 Å². The molecule has 1 amide bonds. The van der Waals surface area contributed by atoms with E-state index < -0.39 is 5.82 Å². The van der Waals surface area contributed by atoms with Crippen molar-refractivity contribution in [2.45, 2.75) is 6.54 Å². The molecule has 0 saturated heterocycles. The molecule has 5 nitrogen and oxygen atoms in total. The summed E-state index contributed by atoms with van der Waals surface area (Å²) in [5, 5.41) is 17.8. The Bertz CT molecular complexity index is 657. The Labute approximate surface area is 114 Å². The molecule has 2 rings (SSSR count). The van der Waals surface area contributed by atoms with E-state index in [4.69, 9.17) is 5.11 Å². The second-order valence-electron chi connectivity index (χ2n) is 3.94. The van der Waals surface area contributed by atoms with Crippen molar-refractivity contribution in [2.75, 3.05) is 6.61 Å². The van der Waals surface area contributed by atoms with Crippen LogP contribution < -0.4 is 5.32 Å². The van der Waals surface area contributed by atoms with Crippen LogP contribution in [-0.2, 0) is 6.54 Å². The number of hydrogen-bond acceptors (Lipinski definition) is 3. The number of rotatable bonds is 3. The van der Waals surface area contributed by atoms with E-state index in [0.29, 0.717) is 6.54 Å². The van der Waals surface area contributed by atoms with Crippen LogP contribution in [0.5, 0.6) is 0 Å². The van der Waals surface area contributed by atoms with Gasteiger partial charge in [0.05, 0.1) is 11.8 Å². The Morgan fingerprint density at radius 1 is 1.50 bits per heavy atom. The Kier molecular flexibility index (Phi) is 4.47. The van der Waals surface area contributed by atoms with E-state index in [1.165, 1.54) is 12.1 Å². The second-order valence-corrected chi connectivity index (χ2v) is 3.94. The zero-order valence-corrected chi connectivity index (χ0v) is 10.5. The molecular formula is C14H12FN3O2. The quantitative estimate of drug-likeness (QED) is 0.725. The summed E-state index contributed by atoms with van der Waals surface area (Å²) in [7, 11) is 0. The van der Waals surface area contributed by atoms with Gasteiger partial charge in [-0.25, -0.2) is 4.39 Å². The largest absolute Gasteiger partial charge is 0.384 e. The Morgan fingerprint density at radius 2 is 2.35 bits per heavy atom. The molecule has 20 heavy (non-hydrogen) atoms. The van der Waals surface area contributed by atoms with Gasteiger partial charge in [0, 0.05) is 23.9 Å². The van der Waals surface area contributed by atoms with Crippen LogP contribution in [0, 0.1) is 17.7 Å². The number of hydrogen-bond donors (Lipinski definition) is 3. The molecule has 0 radical (unpaired) electrons. The molecule has 102 valence electrons. The van der Waals surface area contributed by atoms with Crippen LogP contribution in [0.1, 0.15) is 21.5 Å². The van der Waals surface area contributed by atoms with Gasteiger partial charge in [-0.3, -0.25) is 9.89 Å². The molecule has 0 saturated carbocycles. The smallest absolute Gasteiger partial charge is 0.252 e. The van der Waals surface area contributed by atoms with Crippen molar-refractivity contribution >= 4 is 5.91 Å². The summed E-state index contributed by atoms with van der Waals surface area (Å²) in [6.07, 6.45) is 3.26. The molecule has 2 aromatic rings. The van der Waals surface area contributed by atoms with Crippen LogP contribution in [-0.4, -0.2) is 27.8 Å². The average molecular weight is 273 g/mol. The molecule has 0 aliphatic rings. The minimum Gasteiger partial charge on any atom is -0.384 e. The van der Waals surface area contributed by atoms with E-state index in [-0.39, 0.29) is 23.6 Å². The number of halogens is 1. The summed E-state index contributed by atoms with van der Waals surface area (Å²) < 4.78 is 13.2. The fourth-order valence-corrected chi connectivity index (χ4v) is 1.60. The molecule has 1 aromatic heterocycles. The predicted molar refractivity (Wildman–Crippen MR) is 70.1 cm³/mol.